The molecule has 2 aliphatic rings. The van der Waals surface area contributed by atoms with Crippen LogP contribution in [0.25, 0.3) is 0 Å². The molecule has 1 aliphatic carbocycles. The van der Waals surface area contributed by atoms with E-state index >= 15 is 0 Å². The molecule has 7 heteroatoms. The summed E-state index contributed by atoms with van der Waals surface area (Å²) >= 11 is 0. The van der Waals surface area contributed by atoms with Gasteiger partial charge in [-0.1, -0.05) is 31.4 Å². The summed E-state index contributed by atoms with van der Waals surface area (Å²) in [5, 5.41) is 13.8. The van der Waals surface area contributed by atoms with Gasteiger partial charge in [0.2, 0.25) is 0 Å². The minimum atomic E-state index is -4.81. The van der Waals surface area contributed by atoms with Crippen molar-refractivity contribution < 1.29 is 23.0 Å². The van der Waals surface area contributed by atoms with Crippen LogP contribution in [0.3, 0.4) is 0 Å². The van der Waals surface area contributed by atoms with E-state index in [1.165, 1.54) is 18.6 Å². The van der Waals surface area contributed by atoms with Crippen LogP contribution in [0.1, 0.15) is 43.7 Å². The summed E-state index contributed by atoms with van der Waals surface area (Å²) in [5.74, 6) is -0.547. The van der Waals surface area contributed by atoms with Gasteiger partial charge in [-0.25, -0.2) is 0 Å². The molecule has 25 heavy (non-hydrogen) atoms. The Kier molecular flexibility index (Phi) is 5.74. The average Bonchev–Trinajstić information content (AvgIpc) is 2.59. The van der Waals surface area contributed by atoms with Gasteiger partial charge in [0.1, 0.15) is 0 Å². The number of halogens is 3. The quantitative estimate of drug-likeness (QED) is 0.859. The summed E-state index contributed by atoms with van der Waals surface area (Å²) in [6.45, 7) is 3.35. The fourth-order valence-electron chi connectivity index (χ4n) is 4.14. The van der Waals surface area contributed by atoms with E-state index in [0.717, 1.165) is 51.9 Å². The van der Waals surface area contributed by atoms with Gasteiger partial charge in [-0.05, 0) is 24.8 Å². The number of hydrogen-bond donors (Lipinski definition) is 2. The second-order valence-electron chi connectivity index (χ2n) is 6.87. The Bertz CT molecular complexity index is 550. The largest absolute Gasteiger partial charge is 0.573 e. The number of ether oxygens (including phenoxy) is 1. The molecule has 0 unspecified atom stereocenters. The van der Waals surface area contributed by atoms with Crippen molar-refractivity contribution in [3.05, 3.63) is 23.8 Å². The molecular weight excluding hydrogens is 333 g/mol. The maximum atomic E-state index is 12.6. The fraction of sp³-hybridized carbons (Fsp3) is 0.667. The zero-order valence-electron chi connectivity index (χ0n) is 14.2. The summed E-state index contributed by atoms with van der Waals surface area (Å²) in [4.78, 5) is 2.29. The molecule has 0 spiro atoms. The molecule has 1 aromatic rings. The molecule has 1 saturated carbocycles. The van der Waals surface area contributed by atoms with E-state index in [0.29, 0.717) is 11.5 Å². The number of piperazine rings is 1. The molecule has 1 aliphatic heterocycles. The first-order valence-corrected chi connectivity index (χ1v) is 8.98. The number of hydrogen-bond acceptors (Lipinski definition) is 4. The van der Waals surface area contributed by atoms with Crippen LogP contribution in [0.2, 0.25) is 0 Å². The van der Waals surface area contributed by atoms with Gasteiger partial charge in [0.15, 0.2) is 11.5 Å². The van der Waals surface area contributed by atoms with Crippen LogP contribution in [0.5, 0.6) is 11.5 Å². The van der Waals surface area contributed by atoms with E-state index in [1.54, 1.807) is 6.07 Å². The topological polar surface area (TPSA) is 44.7 Å². The third-order valence-electron chi connectivity index (χ3n) is 5.22. The number of benzene rings is 1. The summed E-state index contributed by atoms with van der Waals surface area (Å²) in [6.07, 6.45) is 0.732. The van der Waals surface area contributed by atoms with Crippen LogP contribution in [-0.2, 0) is 0 Å². The third kappa shape index (κ3) is 4.58. The molecule has 2 fully saturated rings. The van der Waals surface area contributed by atoms with Crippen molar-refractivity contribution >= 4 is 0 Å². The number of phenols is 1. The first kappa shape index (κ1) is 18.3. The Morgan fingerprint density at radius 3 is 2.44 bits per heavy atom. The van der Waals surface area contributed by atoms with Gasteiger partial charge in [0.25, 0.3) is 0 Å². The molecule has 0 radical (unpaired) electrons. The molecule has 1 heterocycles. The van der Waals surface area contributed by atoms with Crippen LogP contribution < -0.4 is 10.1 Å². The van der Waals surface area contributed by atoms with Crippen LogP contribution in [0.15, 0.2) is 18.2 Å². The van der Waals surface area contributed by atoms with E-state index in [2.05, 4.69) is 15.0 Å². The predicted octanol–water partition coefficient (Wildman–Crippen LogP) is 3.82. The smallest absolute Gasteiger partial charge is 0.504 e. The monoisotopic (exact) mass is 358 g/mol. The van der Waals surface area contributed by atoms with Crippen molar-refractivity contribution in [3.8, 4) is 11.5 Å². The molecule has 4 nitrogen and oxygen atoms in total. The fourth-order valence-corrected chi connectivity index (χ4v) is 4.14. The van der Waals surface area contributed by atoms with Crippen molar-refractivity contribution in [1.82, 2.24) is 10.2 Å². The Hall–Kier alpha value is -1.47. The highest BCUT2D eigenvalue weighted by Gasteiger charge is 2.36. The Morgan fingerprint density at radius 2 is 1.80 bits per heavy atom. The highest BCUT2D eigenvalue weighted by molar-refractivity contribution is 5.47. The van der Waals surface area contributed by atoms with Gasteiger partial charge in [-0.3, -0.25) is 4.90 Å². The molecule has 1 saturated heterocycles. The molecule has 0 bridgehead atoms. The van der Waals surface area contributed by atoms with Crippen LogP contribution in [-0.4, -0.2) is 42.5 Å². The second-order valence-corrected chi connectivity index (χ2v) is 6.87. The molecule has 0 aromatic heterocycles. The number of nitrogens with one attached hydrogen (secondary N) is 1. The lowest BCUT2D eigenvalue weighted by molar-refractivity contribution is -0.275. The van der Waals surface area contributed by atoms with Gasteiger partial charge in [0, 0.05) is 37.8 Å². The van der Waals surface area contributed by atoms with Gasteiger partial charge >= 0.3 is 6.36 Å². The maximum Gasteiger partial charge on any atom is 0.573 e. The van der Waals surface area contributed by atoms with Crippen molar-refractivity contribution in [1.29, 1.82) is 0 Å². The molecule has 1 aromatic carbocycles. The van der Waals surface area contributed by atoms with Gasteiger partial charge in [0.05, 0.1) is 0 Å². The predicted molar refractivity (Wildman–Crippen MR) is 88.5 cm³/mol. The van der Waals surface area contributed by atoms with E-state index in [9.17, 15) is 18.3 Å². The number of phenolic OH excluding ortho intramolecular Hbond substituents is 1. The Labute approximate surface area is 146 Å². The lowest BCUT2D eigenvalue weighted by atomic mass is 9.80. The average molecular weight is 358 g/mol. The van der Waals surface area contributed by atoms with Crippen LogP contribution in [0, 0.1) is 5.92 Å². The zero-order valence-corrected chi connectivity index (χ0v) is 14.2. The normalized spacial score (nSPS) is 21.9. The van der Waals surface area contributed by atoms with Gasteiger partial charge < -0.3 is 15.2 Å². The first-order valence-electron chi connectivity index (χ1n) is 8.98. The third-order valence-corrected chi connectivity index (χ3v) is 5.22. The lowest BCUT2D eigenvalue weighted by Gasteiger charge is -2.41. The summed E-state index contributed by atoms with van der Waals surface area (Å²) in [7, 11) is 0. The first-order chi connectivity index (χ1) is 12.0. The zero-order chi connectivity index (χ0) is 17.9. The number of nitrogens with zero attached hydrogens (tertiary/aromatic N) is 1. The minimum absolute atomic E-state index is 0.0702. The molecule has 0 amide bonds. The Balaban J connectivity index is 1.93. The van der Waals surface area contributed by atoms with Gasteiger partial charge in [-0.15, -0.1) is 13.2 Å². The van der Waals surface area contributed by atoms with Crippen LogP contribution >= 0.6 is 0 Å². The number of aromatic hydroxyl groups is 1. The molecular formula is C18H25F3N2O2. The SMILES string of the molecule is Oc1c(OC(F)(F)F)cccc1[C@H](C1CCCCC1)N1CCNCC1. The maximum absolute atomic E-state index is 12.6. The standard InChI is InChI=1S/C18H25F3N2O2/c19-18(20,21)25-15-8-4-7-14(17(15)24)16(13-5-2-1-3-6-13)23-11-9-22-10-12-23/h4,7-8,13,16,22,24H,1-3,5-6,9-12H2/t16-/m0/s1. The summed E-state index contributed by atoms with van der Waals surface area (Å²) in [5.41, 5.74) is 0.551. The van der Waals surface area contributed by atoms with Crippen molar-refractivity contribution in [2.24, 2.45) is 5.92 Å². The number of alkyl halides is 3. The van der Waals surface area contributed by atoms with Crippen molar-refractivity contribution in [2.45, 2.75) is 44.5 Å². The van der Waals surface area contributed by atoms with Gasteiger partial charge in [-0.2, -0.15) is 0 Å². The molecule has 140 valence electrons. The number of rotatable bonds is 4. The van der Waals surface area contributed by atoms with Crippen molar-refractivity contribution in [3.63, 3.8) is 0 Å². The summed E-state index contributed by atoms with van der Waals surface area (Å²) < 4.78 is 41.9. The highest BCUT2D eigenvalue weighted by Crippen LogP contribution is 2.45. The number of para-hydroxylation sites is 1. The second kappa shape index (κ2) is 7.83. The molecule has 3 rings (SSSR count). The van der Waals surface area contributed by atoms with Crippen LogP contribution in [0.4, 0.5) is 13.2 Å². The van der Waals surface area contributed by atoms with E-state index in [-0.39, 0.29) is 11.8 Å². The van der Waals surface area contributed by atoms with E-state index < -0.39 is 12.1 Å². The van der Waals surface area contributed by atoms with E-state index in [4.69, 9.17) is 0 Å². The Morgan fingerprint density at radius 1 is 1.12 bits per heavy atom. The minimum Gasteiger partial charge on any atom is -0.504 e. The molecule has 1 atom stereocenters. The summed E-state index contributed by atoms with van der Waals surface area (Å²) in [6, 6.07) is 4.37. The highest BCUT2D eigenvalue weighted by atomic mass is 19.4. The van der Waals surface area contributed by atoms with E-state index in [1.807, 2.05) is 0 Å². The van der Waals surface area contributed by atoms with Crippen molar-refractivity contribution in [2.75, 3.05) is 26.2 Å². The lowest BCUT2D eigenvalue weighted by Crippen LogP contribution is -2.47. The molecule has 2 N–H and O–H groups in total.